The third-order valence-corrected chi connectivity index (χ3v) is 3.49. The maximum atomic E-state index is 12.1. The lowest BCUT2D eigenvalue weighted by Crippen LogP contribution is -2.32. The summed E-state index contributed by atoms with van der Waals surface area (Å²) < 4.78 is 0. The molecule has 0 amide bonds. The first-order valence-corrected chi connectivity index (χ1v) is 5.86. The van der Waals surface area contributed by atoms with E-state index in [0.717, 1.165) is 5.56 Å². The minimum absolute atomic E-state index is 0.0186. The van der Waals surface area contributed by atoms with E-state index >= 15 is 0 Å². The zero-order valence-corrected chi connectivity index (χ0v) is 10.1. The number of carbonyl (C=O) groups is 2. The monoisotopic (exact) mass is 232 g/mol. The van der Waals surface area contributed by atoms with Crippen molar-refractivity contribution in [3.63, 3.8) is 0 Å². The normalized spacial score (nSPS) is 25.1. The highest BCUT2D eigenvalue weighted by Gasteiger charge is 2.36. The van der Waals surface area contributed by atoms with Crippen LogP contribution in [0.4, 0.5) is 0 Å². The van der Waals surface area contributed by atoms with E-state index < -0.39 is 5.92 Å². The molecule has 1 N–H and O–H groups in total. The molecule has 2 atom stereocenters. The highest BCUT2D eigenvalue weighted by atomic mass is 16.3. The average molecular weight is 232 g/mol. The Bertz CT molecular complexity index is 476. The first-order chi connectivity index (χ1) is 8.00. The Kier molecular flexibility index (Phi) is 3.01. The van der Waals surface area contributed by atoms with E-state index in [4.69, 9.17) is 0 Å². The second kappa shape index (κ2) is 4.32. The van der Waals surface area contributed by atoms with Gasteiger partial charge in [0.15, 0.2) is 5.78 Å². The van der Waals surface area contributed by atoms with Crippen LogP contribution in [0.25, 0.3) is 0 Å². The van der Waals surface area contributed by atoms with Crippen LogP contribution in [0.1, 0.15) is 36.8 Å². The Labute approximate surface area is 100 Å². The Morgan fingerprint density at radius 2 is 2.00 bits per heavy atom. The lowest BCUT2D eigenvalue weighted by molar-refractivity contribution is -0.134. The van der Waals surface area contributed by atoms with Gasteiger partial charge >= 0.3 is 0 Å². The lowest BCUT2D eigenvalue weighted by Gasteiger charge is -2.25. The molecule has 1 aromatic rings. The standard InChI is InChI=1S/C14H16O3/c1-8-3-5-10(15)7-11(8)13-12(16)6-4-9(2)14(13)17/h3,5,7,9,13,15H,4,6H2,1-2H3. The van der Waals surface area contributed by atoms with Crippen molar-refractivity contribution in [2.45, 2.75) is 32.6 Å². The molecule has 2 rings (SSSR count). The summed E-state index contributed by atoms with van der Waals surface area (Å²) in [5, 5.41) is 9.48. The van der Waals surface area contributed by atoms with Crippen molar-refractivity contribution in [3.05, 3.63) is 29.3 Å². The highest BCUT2D eigenvalue weighted by molar-refractivity contribution is 6.10. The molecule has 17 heavy (non-hydrogen) atoms. The van der Waals surface area contributed by atoms with Crippen LogP contribution in [0.15, 0.2) is 18.2 Å². The van der Waals surface area contributed by atoms with Crippen LogP contribution < -0.4 is 0 Å². The zero-order chi connectivity index (χ0) is 12.6. The first-order valence-electron chi connectivity index (χ1n) is 5.86. The van der Waals surface area contributed by atoms with Crippen LogP contribution in [-0.4, -0.2) is 16.7 Å². The van der Waals surface area contributed by atoms with Crippen LogP contribution in [0, 0.1) is 12.8 Å². The summed E-state index contributed by atoms with van der Waals surface area (Å²) in [4.78, 5) is 24.0. The van der Waals surface area contributed by atoms with E-state index in [-0.39, 0.29) is 23.2 Å². The van der Waals surface area contributed by atoms with Gasteiger partial charge in [0.1, 0.15) is 17.5 Å². The largest absolute Gasteiger partial charge is 0.508 e. The van der Waals surface area contributed by atoms with Gasteiger partial charge in [-0.15, -0.1) is 0 Å². The number of hydrogen-bond donors (Lipinski definition) is 1. The van der Waals surface area contributed by atoms with E-state index in [1.54, 1.807) is 12.1 Å². The predicted octanol–water partition coefficient (Wildman–Crippen LogP) is 2.35. The topological polar surface area (TPSA) is 54.4 Å². The Hall–Kier alpha value is -1.64. The number of phenols is 1. The summed E-state index contributed by atoms with van der Waals surface area (Å²) in [6, 6.07) is 4.85. The van der Waals surface area contributed by atoms with Crippen LogP contribution in [0.5, 0.6) is 5.75 Å². The summed E-state index contributed by atoms with van der Waals surface area (Å²) in [5.74, 6) is -0.688. The van der Waals surface area contributed by atoms with E-state index in [0.29, 0.717) is 18.4 Å². The van der Waals surface area contributed by atoms with Crippen molar-refractivity contribution in [3.8, 4) is 5.75 Å². The SMILES string of the molecule is Cc1ccc(O)cc1C1C(=O)CCC(C)C1=O. The van der Waals surface area contributed by atoms with Gasteiger partial charge < -0.3 is 5.11 Å². The molecule has 1 aromatic carbocycles. The quantitative estimate of drug-likeness (QED) is 0.756. The van der Waals surface area contributed by atoms with Gasteiger partial charge in [0.2, 0.25) is 0 Å². The Balaban J connectivity index is 2.46. The van der Waals surface area contributed by atoms with Gasteiger partial charge in [0.25, 0.3) is 0 Å². The molecule has 3 heteroatoms. The third-order valence-electron chi connectivity index (χ3n) is 3.49. The molecule has 1 aliphatic rings. The molecule has 1 saturated carbocycles. The second-order valence-electron chi connectivity index (χ2n) is 4.78. The minimum Gasteiger partial charge on any atom is -0.508 e. The number of carbonyl (C=O) groups excluding carboxylic acids is 2. The van der Waals surface area contributed by atoms with Gasteiger partial charge in [-0.2, -0.15) is 0 Å². The van der Waals surface area contributed by atoms with Crippen LogP contribution >= 0.6 is 0 Å². The molecule has 1 fully saturated rings. The number of Topliss-reactive ketones (excluding diaryl/α,β-unsaturated/α-hetero) is 2. The van der Waals surface area contributed by atoms with E-state index in [9.17, 15) is 14.7 Å². The fourth-order valence-electron chi connectivity index (χ4n) is 2.35. The third kappa shape index (κ3) is 2.09. The Morgan fingerprint density at radius 3 is 2.71 bits per heavy atom. The molecule has 0 heterocycles. The molecular weight excluding hydrogens is 216 g/mol. The summed E-state index contributed by atoms with van der Waals surface area (Å²) in [5.41, 5.74) is 1.54. The van der Waals surface area contributed by atoms with E-state index in [1.165, 1.54) is 6.07 Å². The molecular formula is C14H16O3. The predicted molar refractivity (Wildman–Crippen MR) is 64.0 cm³/mol. The van der Waals surface area contributed by atoms with Crippen LogP contribution in [-0.2, 0) is 9.59 Å². The molecule has 0 aromatic heterocycles. The average Bonchev–Trinajstić information content (AvgIpc) is 2.29. The first kappa shape index (κ1) is 11.8. The van der Waals surface area contributed by atoms with Gasteiger partial charge in [-0.05, 0) is 36.6 Å². The number of phenolic OH excluding ortho intramolecular Hbond substituents is 1. The van der Waals surface area contributed by atoms with Gasteiger partial charge in [-0.1, -0.05) is 13.0 Å². The molecule has 90 valence electrons. The van der Waals surface area contributed by atoms with Gasteiger partial charge in [-0.25, -0.2) is 0 Å². The number of ketones is 2. The van der Waals surface area contributed by atoms with Crippen molar-refractivity contribution in [1.29, 1.82) is 0 Å². The molecule has 0 aliphatic heterocycles. The molecule has 2 unspecified atom stereocenters. The number of aromatic hydroxyl groups is 1. The van der Waals surface area contributed by atoms with Gasteiger partial charge in [0.05, 0.1) is 0 Å². The van der Waals surface area contributed by atoms with Crippen LogP contribution in [0.2, 0.25) is 0 Å². The van der Waals surface area contributed by atoms with Crippen molar-refractivity contribution < 1.29 is 14.7 Å². The zero-order valence-electron chi connectivity index (χ0n) is 10.1. The molecule has 3 nitrogen and oxygen atoms in total. The molecule has 0 spiro atoms. The molecule has 0 radical (unpaired) electrons. The van der Waals surface area contributed by atoms with Crippen LogP contribution in [0.3, 0.4) is 0 Å². The summed E-state index contributed by atoms with van der Waals surface area (Å²) >= 11 is 0. The lowest BCUT2D eigenvalue weighted by atomic mass is 9.75. The second-order valence-corrected chi connectivity index (χ2v) is 4.78. The van der Waals surface area contributed by atoms with Crippen molar-refractivity contribution in [2.24, 2.45) is 5.92 Å². The minimum atomic E-state index is -0.675. The fraction of sp³-hybridized carbons (Fsp3) is 0.429. The molecule has 0 bridgehead atoms. The highest BCUT2D eigenvalue weighted by Crippen LogP contribution is 2.33. The van der Waals surface area contributed by atoms with Crippen molar-refractivity contribution >= 4 is 11.6 Å². The van der Waals surface area contributed by atoms with Gasteiger partial charge in [0, 0.05) is 12.3 Å². The Morgan fingerprint density at radius 1 is 1.29 bits per heavy atom. The fourth-order valence-corrected chi connectivity index (χ4v) is 2.35. The van der Waals surface area contributed by atoms with Gasteiger partial charge in [-0.3, -0.25) is 9.59 Å². The van der Waals surface area contributed by atoms with E-state index in [1.807, 2.05) is 13.8 Å². The summed E-state index contributed by atoms with van der Waals surface area (Å²) in [6.07, 6.45) is 1.10. The number of benzene rings is 1. The van der Waals surface area contributed by atoms with Crippen molar-refractivity contribution in [1.82, 2.24) is 0 Å². The maximum Gasteiger partial charge on any atom is 0.150 e. The molecule has 1 aliphatic carbocycles. The summed E-state index contributed by atoms with van der Waals surface area (Å²) in [7, 11) is 0. The maximum absolute atomic E-state index is 12.1. The van der Waals surface area contributed by atoms with Crippen molar-refractivity contribution in [2.75, 3.05) is 0 Å². The van der Waals surface area contributed by atoms with E-state index in [2.05, 4.69) is 0 Å². The summed E-state index contributed by atoms with van der Waals surface area (Å²) in [6.45, 7) is 3.72. The molecule has 0 saturated heterocycles. The smallest absolute Gasteiger partial charge is 0.150 e. The number of aryl methyl sites for hydroxylation is 1. The number of hydrogen-bond acceptors (Lipinski definition) is 3. The number of rotatable bonds is 1.